The largest absolute Gasteiger partial charge is 0.353 e. The van der Waals surface area contributed by atoms with E-state index in [-0.39, 0.29) is 18.7 Å². The van der Waals surface area contributed by atoms with Gasteiger partial charge in [-0.05, 0) is 24.8 Å². The van der Waals surface area contributed by atoms with Crippen LogP contribution in [-0.2, 0) is 20.7 Å². The van der Waals surface area contributed by atoms with Crippen LogP contribution < -0.4 is 0 Å². The molecule has 0 amide bonds. The van der Waals surface area contributed by atoms with E-state index >= 15 is 0 Å². The van der Waals surface area contributed by atoms with E-state index in [2.05, 4.69) is 13.8 Å². The summed E-state index contributed by atoms with van der Waals surface area (Å²) in [6, 6.07) is 10.0. The van der Waals surface area contributed by atoms with Gasteiger partial charge in [-0.1, -0.05) is 44.2 Å². The molecular weight excluding hydrogens is 240 g/mol. The van der Waals surface area contributed by atoms with Crippen molar-refractivity contribution in [1.29, 1.82) is 0 Å². The topological polar surface area (TPSA) is 35.5 Å². The summed E-state index contributed by atoms with van der Waals surface area (Å²) in [5, 5.41) is 0. The van der Waals surface area contributed by atoms with Gasteiger partial charge in [0.15, 0.2) is 12.1 Å². The summed E-state index contributed by atoms with van der Waals surface area (Å²) in [4.78, 5) is 11.7. The van der Waals surface area contributed by atoms with Gasteiger partial charge in [0, 0.05) is 6.42 Å². The first-order valence-corrected chi connectivity index (χ1v) is 6.86. The highest BCUT2D eigenvalue weighted by Gasteiger charge is 2.08. The number of ether oxygens (including phenoxy) is 2. The number of ketones is 1. The minimum absolute atomic E-state index is 0.115. The van der Waals surface area contributed by atoms with Crippen molar-refractivity contribution in [3.63, 3.8) is 0 Å². The fourth-order valence-electron chi connectivity index (χ4n) is 1.59. The zero-order valence-electron chi connectivity index (χ0n) is 12.1. The zero-order chi connectivity index (χ0) is 14.1. The van der Waals surface area contributed by atoms with E-state index in [4.69, 9.17) is 9.47 Å². The van der Waals surface area contributed by atoms with E-state index < -0.39 is 0 Å². The van der Waals surface area contributed by atoms with Crippen molar-refractivity contribution in [2.75, 3.05) is 13.2 Å². The van der Waals surface area contributed by atoms with Crippen molar-refractivity contribution in [2.24, 2.45) is 5.92 Å². The quantitative estimate of drug-likeness (QED) is 0.642. The van der Waals surface area contributed by atoms with Crippen molar-refractivity contribution in [2.45, 2.75) is 39.9 Å². The molecule has 0 N–H and O–H groups in total. The van der Waals surface area contributed by atoms with Crippen LogP contribution in [0.4, 0.5) is 0 Å². The Balaban J connectivity index is 2.14. The molecule has 0 aromatic heterocycles. The summed E-state index contributed by atoms with van der Waals surface area (Å²) in [5.74, 6) is 0.587. The zero-order valence-corrected chi connectivity index (χ0v) is 12.1. The molecule has 0 bridgehead atoms. The minimum Gasteiger partial charge on any atom is -0.353 e. The van der Waals surface area contributed by atoms with Crippen LogP contribution in [-0.4, -0.2) is 25.3 Å². The second kappa shape index (κ2) is 8.83. The number of carbonyl (C=O) groups excluding carboxylic acids is 1. The first kappa shape index (κ1) is 15.9. The predicted octanol–water partition coefficient (Wildman–Crippen LogP) is 3.22. The molecule has 0 aliphatic heterocycles. The molecule has 0 saturated carbocycles. The van der Waals surface area contributed by atoms with Gasteiger partial charge in [0.1, 0.15) is 6.61 Å². The Morgan fingerprint density at radius 3 is 2.42 bits per heavy atom. The van der Waals surface area contributed by atoms with Crippen molar-refractivity contribution in [1.82, 2.24) is 0 Å². The third-order valence-corrected chi connectivity index (χ3v) is 2.68. The first-order valence-electron chi connectivity index (χ1n) is 6.86. The van der Waals surface area contributed by atoms with E-state index in [0.29, 0.717) is 18.9 Å². The van der Waals surface area contributed by atoms with Crippen LogP contribution in [0.2, 0.25) is 0 Å². The fourth-order valence-corrected chi connectivity index (χ4v) is 1.59. The van der Waals surface area contributed by atoms with Crippen LogP contribution in [0.5, 0.6) is 0 Å². The van der Waals surface area contributed by atoms with Crippen LogP contribution >= 0.6 is 0 Å². The Morgan fingerprint density at radius 2 is 1.79 bits per heavy atom. The number of hydrogen-bond acceptors (Lipinski definition) is 3. The van der Waals surface area contributed by atoms with E-state index in [9.17, 15) is 4.79 Å². The first-order chi connectivity index (χ1) is 9.08. The molecule has 0 spiro atoms. The van der Waals surface area contributed by atoms with E-state index in [0.717, 1.165) is 6.42 Å². The van der Waals surface area contributed by atoms with Crippen LogP contribution in [0.3, 0.4) is 0 Å². The van der Waals surface area contributed by atoms with Crippen LogP contribution in [0.15, 0.2) is 30.3 Å². The maximum Gasteiger partial charge on any atom is 0.158 e. The molecule has 0 radical (unpaired) electrons. The summed E-state index contributed by atoms with van der Waals surface area (Å²) >= 11 is 0. The number of aryl methyl sites for hydroxylation is 1. The average molecular weight is 264 g/mol. The Kier molecular flexibility index (Phi) is 7.38. The molecule has 0 aliphatic carbocycles. The van der Waals surface area contributed by atoms with Crippen LogP contribution in [0.1, 0.15) is 32.8 Å². The summed E-state index contributed by atoms with van der Waals surface area (Å²) in [7, 11) is 0. The molecule has 1 aromatic rings. The molecule has 0 saturated heterocycles. The van der Waals surface area contributed by atoms with Gasteiger partial charge in [-0.3, -0.25) is 4.79 Å². The van der Waals surface area contributed by atoms with Crippen molar-refractivity contribution < 1.29 is 14.3 Å². The van der Waals surface area contributed by atoms with Crippen molar-refractivity contribution in [3.8, 4) is 0 Å². The molecule has 1 atom stereocenters. The monoisotopic (exact) mass is 264 g/mol. The lowest BCUT2D eigenvalue weighted by Gasteiger charge is -2.15. The van der Waals surface area contributed by atoms with Gasteiger partial charge < -0.3 is 9.47 Å². The predicted molar refractivity (Wildman–Crippen MR) is 76.0 cm³/mol. The lowest BCUT2D eigenvalue weighted by molar-refractivity contribution is -0.152. The molecule has 106 valence electrons. The van der Waals surface area contributed by atoms with Crippen molar-refractivity contribution >= 4 is 5.78 Å². The van der Waals surface area contributed by atoms with Gasteiger partial charge in [-0.25, -0.2) is 0 Å². The highest BCUT2D eigenvalue weighted by atomic mass is 16.7. The van der Waals surface area contributed by atoms with Gasteiger partial charge in [0.25, 0.3) is 0 Å². The third-order valence-electron chi connectivity index (χ3n) is 2.68. The minimum atomic E-state index is -0.317. The van der Waals surface area contributed by atoms with Crippen LogP contribution in [0.25, 0.3) is 0 Å². The standard InChI is InChI=1S/C16H24O3/c1-13(2)11-18-14(3)19-12-16(17)10-9-15-7-5-4-6-8-15/h4-8,13-14H,9-12H2,1-3H3. The summed E-state index contributed by atoms with van der Waals surface area (Å²) in [5.41, 5.74) is 1.18. The lowest BCUT2D eigenvalue weighted by Crippen LogP contribution is -2.20. The number of carbonyl (C=O) groups is 1. The molecule has 3 heteroatoms. The Morgan fingerprint density at radius 1 is 1.11 bits per heavy atom. The van der Waals surface area contributed by atoms with Gasteiger partial charge in [0.2, 0.25) is 0 Å². The van der Waals surface area contributed by atoms with E-state index in [1.807, 2.05) is 37.3 Å². The second-order valence-corrected chi connectivity index (χ2v) is 5.13. The third kappa shape index (κ3) is 7.75. The molecule has 1 aromatic carbocycles. The number of benzene rings is 1. The van der Waals surface area contributed by atoms with E-state index in [1.165, 1.54) is 5.56 Å². The molecule has 0 fully saturated rings. The molecule has 1 unspecified atom stereocenters. The average Bonchev–Trinajstić information content (AvgIpc) is 2.41. The maximum absolute atomic E-state index is 11.7. The van der Waals surface area contributed by atoms with Crippen LogP contribution in [0, 0.1) is 5.92 Å². The van der Waals surface area contributed by atoms with Crippen molar-refractivity contribution in [3.05, 3.63) is 35.9 Å². The molecule has 0 heterocycles. The number of Topliss-reactive ketones (excluding diaryl/α,β-unsaturated/α-hetero) is 1. The van der Waals surface area contributed by atoms with Gasteiger partial charge in [0.05, 0.1) is 6.61 Å². The van der Waals surface area contributed by atoms with Gasteiger partial charge in [-0.2, -0.15) is 0 Å². The SMILES string of the molecule is CC(C)COC(C)OCC(=O)CCc1ccccc1. The fraction of sp³-hybridized carbons (Fsp3) is 0.562. The summed E-state index contributed by atoms with van der Waals surface area (Å²) < 4.78 is 10.8. The highest BCUT2D eigenvalue weighted by Crippen LogP contribution is 2.04. The second-order valence-electron chi connectivity index (χ2n) is 5.13. The van der Waals surface area contributed by atoms with Gasteiger partial charge >= 0.3 is 0 Å². The smallest absolute Gasteiger partial charge is 0.158 e. The molecule has 19 heavy (non-hydrogen) atoms. The number of rotatable bonds is 9. The summed E-state index contributed by atoms with van der Waals surface area (Å²) in [6.45, 7) is 6.77. The Bertz CT molecular complexity index is 360. The summed E-state index contributed by atoms with van der Waals surface area (Å²) in [6.07, 6.45) is 0.966. The molecule has 0 aliphatic rings. The Labute approximate surface area is 115 Å². The normalized spacial score (nSPS) is 12.6. The van der Waals surface area contributed by atoms with E-state index in [1.54, 1.807) is 0 Å². The molecular formula is C16H24O3. The Hall–Kier alpha value is -1.19. The maximum atomic E-state index is 11.7. The number of hydrogen-bond donors (Lipinski definition) is 0. The highest BCUT2D eigenvalue weighted by molar-refractivity contribution is 5.79. The molecule has 1 rings (SSSR count). The van der Waals surface area contributed by atoms with Gasteiger partial charge in [-0.15, -0.1) is 0 Å². The molecule has 3 nitrogen and oxygen atoms in total. The lowest BCUT2D eigenvalue weighted by atomic mass is 10.1.